The number of hydrogen-bond acceptors (Lipinski definition) is 4. The zero-order valence-electron chi connectivity index (χ0n) is 11.9. The number of likely N-dealkylation sites (tertiary alicyclic amines) is 1. The minimum absolute atomic E-state index is 0.561. The summed E-state index contributed by atoms with van der Waals surface area (Å²) < 4.78 is 5.39. The van der Waals surface area contributed by atoms with E-state index in [2.05, 4.69) is 41.0 Å². The quantitative estimate of drug-likeness (QED) is 0.814. The maximum Gasteiger partial charge on any atom is 0.128 e. The van der Waals surface area contributed by atoms with E-state index < -0.39 is 0 Å². The Hall–Kier alpha value is -1.13. The van der Waals surface area contributed by atoms with Gasteiger partial charge >= 0.3 is 0 Å². The summed E-state index contributed by atoms with van der Waals surface area (Å²) in [4.78, 5) is 9.45. The van der Waals surface area contributed by atoms with Gasteiger partial charge < -0.3 is 9.64 Å². The van der Waals surface area contributed by atoms with Gasteiger partial charge in [0.1, 0.15) is 5.82 Å². The van der Waals surface area contributed by atoms with Gasteiger partial charge in [0.05, 0.1) is 13.2 Å². The Bertz CT molecular complexity index is 443. The van der Waals surface area contributed by atoms with Crippen molar-refractivity contribution in [2.75, 3.05) is 44.8 Å². The first-order valence-electron chi connectivity index (χ1n) is 7.25. The van der Waals surface area contributed by atoms with Crippen molar-refractivity contribution >= 4 is 5.82 Å². The molecule has 0 bridgehead atoms. The summed E-state index contributed by atoms with van der Waals surface area (Å²) in [7, 11) is 2.22. The molecule has 0 radical (unpaired) electrons. The van der Waals surface area contributed by atoms with Crippen LogP contribution in [0.25, 0.3) is 0 Å². The van der Waals surface area contributed by atoms with Crippen LogP contribution < -0.4 is 4.90 Å². The highest BCUT2D eigenvalue weighted by atomic mass is 16.5. The minimum Gasteiger partial charge on any atom is -0.378 e. The van der Waals surface area contributed by atoms with E-state index in [1.807, 2.05) is 0 Å². The molecule has 0 saturated carbocycles. The number of morpholine rings is 1. The molecular formula is C15H23N3O. The van der Waals surface area contributed by atoms with Crippen LogP contribution in [0.4, 0.5) is 5.82 Å². The van der Waals surface area contributed by atoms with E-state index in [1.165, 1.54) is 30.5 Å². The fourth-order valence-electron chi connectivity index (χ4n) is 3.17. The van der Waals surface area contributed by atoms with Gasteiger partial charge in [0, 0.05) is 25.3 Å². The molecule has 0 amide bonds. The number of anilines is 1. The molecule has 104 valence electrons. The molecule has 2 aliphatic rings. The van der Waals surface area contributed by atoms with Gasteiger partial charge in [-0.2, -0.15) is 0 Å². The number of hydrogen-bond donors (Lipinski definition) is 0. The van der Waals surface area contributed by atoms with Gasteiger partial charge in [-0.15, -0.1) is 0 Å². The van der Waals surface area contributed by atoms with Crippen LogP contribution >= 0.6 is 0 Å². The first-order chi connectivity index (χ1) is 9.25. The predicted molar refractivity (Wildman–Crippen MR) is 76.6 cm³/mol. The third kappa shape index (κ3) is 2.60. The average Bonchev–Trinajstić information content (AvgIpc) is 2.86. The molecule has 2 aliphatic heterocycles. The van der Waals surface area contributed by atoms with Crippen molar-refractivity contribution in [1.29, 1.82) is 0 Å². The van der Waals surface area contributed by atoms with Gasteiger partial charge in [-0.3, -0.25) is 4.90 Å². The van der Waals surface area contributed by atoms with Gasteiger partial charge in [0.2, 0.25) is 0 Å². The molecule has 2 saturated heterocycles. The van der Waals surface area contributed by atoms with Crippen LogP contribution in [0.3, 0.4) is 0 Å². The van der Waals surface area contributed by atoms with Gasteiger partial charge in [0.15, 0.2) is 0 Å². The lowest BCUT2D eigenvalue weighted by Crippen LogP contribution is -2.36. The monoisotopic (exact) mass is 261 g/mol. The van der Waals surface area contributed by atoms with Crippen LogP contribution in [0.5, 0.6) is 0 Å². The summed E-state index contributed by atoms with van der Waals surface area (Å²) >= 11 is 0. The van der Waals surface area contributed by atoms with Crippen LogP contribution in [0.15, 0.2) is 12.3 Å². The van der Waals surface area contributed by atoms with Crippen molar-refractivity contribution in [2.24, 2.45) is 0 Å². The summed E-state index contributed by atoms with van der Waals surface area (Å²) in [6, 6.07) is 2.80. The Labute approximate surface area is 115 Å². The van der Waals surface area contributed by atoms with E-state index >= 15 is 0 Å². The lowest BCUT2D eigenvalue weighted by atomic mass is 10.0. The first-order valence-corrected chi connectivity index (χ1v) is 7.25. The third-order valence-electron chi connectivity index (χ3n) is 4.35. The number of pyridine rings is 1. The van der Waals surface area contributed by atoms with Crippen molar-refractivity contribution < 1.29 is 4.74 Å². The molecule has 1 aromatic heterocycles. The normalized spacial score (nSPS) is 24.9. The summed E-state index contributed by atoms with van der Waals surface area (Å²) in [5.41, 5.74) is 2.77. The zero-order valence-corrected chi connectivity index (χ0v) is 11.9. The molecule has 0 spiro atoms. The highest BCUT2D eigenvalue weighted by molar-refractivity contribution is 5.44. The molecule has 3 heterocycles. The lowest BCUT2D eigenvalue weighted by Gasteiger charge is -2.29. The summed E-state index contributed by atoms with van der Waals surface area (Å²) in [5, 5.41) is 0. The van der Waals surface area contributed by atoms with Crippen LogP contribution in [-0.4, -0.2) is 49.8 Å². The van der Waals surface area contributed by atoms with E-state index in [-0.39, 0.29) is 0 Å². The minimum atomic E-state index is 0.561. The molecule has 4 heteroatoms. The molecule has 1 atom stereocenters. The lowest BCUT2D eigenvalue weighted by molar-refractivity contribution is 0.122. The second-order valence-corrected chi connectivity index (χ2v) is 5.64. The van der Waals surface area contributed by atoms with E-state index in [4.69, 9.17) is 4.74 Å². The SMILES string of the molecule is Cc1cc(N2CCOCC2)ncc1[C@@H]1CCCN1C. The Kier molecular flexibility index (Phi) is 3.71. The smallest absolute Gasteiger partial charge is 0.128 e. The number of aryl methyl sites for hydroxylation is 1. The number of rotatable bonds is 2. The molecule has 1 aromatic rings. The van der Waals surface area contributed by atoms with Crippen LogP contribution in [0.1, 0.15) is 30.0 Å². The molecule has 0 aromatic carbocycles. The zero-order chi connectivity index (χ0) is 13.2. The molecule has 4 nitrogen and oxygen atoms in total. The Morgan fingerprint density at radius 3 is 2.68 bits per heavy atom. The van der Waals surface area contributed by atoms with Gasteiger partial charge in [-0.05, 0) is 50.6 Å². The van der Waals surface area contributed by atoms with E-state index in [0.29, 0.717) is 6.04 Å². The molecule has 3 rings (SSSR count). The van der Waals surface area contributed by atoms with Crippen molar-refractivity contribution in [3.8, 4) is 0 Å². The van der Waals surface area contributed by atoms with E-state index in [9.17, 15) is 0 Å². The summed E-state index contributed by atoms with van der Waals surface area (Å²) in [6.07, 6.45) is 4.65. The van der Waals surface area contributed by atoms with Crippen molar-refractivity contribution in [3.63, 3.8) is 0 Å². The van der Waals surface area contributed by atoms with Gasteiger partial charge in [-0.1, -0.05) is 0 Å². The highest BCUT2D eigenvalue weighted by Crippen LogP contribution is 2.32. The fourth-order valence-corrected chi connectivity index (χ4v) is 3.17. The maximum absolute atomic E-state index is 5.39. The fraction of sp³-hybridized carbons (Fsp3) is 0.667. The number of nitrogens with zero attached hydrogens (tertiary/aromatic N) is 3. The predicted octanol–water partition coefficient (Wildman–Crippen LogP) is 1.99. The molecular weight excluding hydrogens is 238 g/mol. The standard InChI is InChI=1S/C15H23N3O/c1-12-10-15(18-6-8-19-9-7-18)16-11-13(12)14-4-3-5-17(14)2/h10-11,14H,3-9H2,1-2H3/t14-/m0/s1. The maximum atomic E-state index is 5.39. The van der Waals surface area contributed by atoms with Gasteiger partial charge in [0.25, 0.3) is 0 Å². The van der Waals surface area contributed by atoms with E-state index in [0.717, 1.165) is 32.1 Å². The molecule has 19 heavy (non-hydrogen) atoms. The van der Waals surface area contributed by atoms with Gasteiger partial charge in [-0.25, -0.2) is 4.98 Å². The van der Waals surface area contributed by atoms with Crippen molar-refractivity contribution in [2.45, 2.75) is 25.8 Å². The van der Waals surface area contributed by atoms with Crippen LogP contribution in [0, 0.1) is 6.92 Å². The third-order valence-corrected chi connectivity index (χ3v) is 4.35. The Morgan fingerprint density at radius 2 is 2.05 bits per heavy atom. The first kappa shape index (κ1) is 12.9. The van der Waals surface area contributed by atoms with Crippen molar-refractivity contribution in [1.82, 2.24) is 9.88 Å². The Morgan fingerprint density at radius 1 is 1.26 bits per heavy atom. The van der Waals surface area contributed by atoms with Crippen molar-refractivity contribution in [3.05, 3.63) is 23.4 Å². The second kappa shape index (κ2) is 5.47. The summed E-state index contributed by atoms with van der Waals surface area (Å²) in [6.45, 7) is 6.95. The highest BCUT2D eigenvalue weighted by Gasteiger charge is 2.24. The van der Waals surface area contributed by atoms with E-state index in [1.54, 1.807) is 0 Å². The van der Waals surface area contributed by atoms with Crippen LogP contribution in [-0.2, 0) is 4.74 Å². The topological polar surface area (TPSA) is 28.6 Å². The summed E-state index contributed by atoms with van der Waals surface area (Å²) in [5.74, 6) is 1.10. The average molecular weight is 261 g/mol. The molecule has 2 fully saturated rings. The molecule has 0 unspecified atom stereocenters. The number of aromatic nitrogens is 1. The molecule has 0 aliphatic carbocycles. The van der Waals surface area contributed by atoms with Crippen LogP contribution in [0.2, 0.25) is 0 Å². The largest absolute Gasteiger partial charge is 0.378 e. The second-order valence-electron chi connectivity index (χ2n) is 5.64. The molecule has 0 N–H and O–H groups in total. The Balaban J connectivity index is 1.81. The number of ether oxygens (including phenoxy) is 1.